The summed E-state index contributed by atoms with van der Waals surface area (Å²) in [7, 11) is 0. The number of anilines is 1. The fraction of sp³-hybridized carbons (Fsp3) is 0.188. The molecule has 0 saturated carbocycles. The molecule has 0 amide bonds. The molecule has 0 aliphatic rings. The second kappa shape index (κ2) is 5.65. The van der Waals surface area contributed by atoms with Crippen molar-refractivity contribution in [2.24, 2.45) is 0 Å². The quantitative estimate of drug-likeness (QED) is 0.787. The molecule has 3 aromatic rings. The van der Waals surface area contributed by atoms with E-state index in [1.807, 2.05) is 24.3 Å². The van der Waals surface area contributed by atoms with Gasteiger partial charge < -0.3 is 5.32 Å². The molecule has 0 fully saturated rings. The second-order valence-electron chi connectivity index (χ2n) is 4.60. The van der Waals surface area contributed by atoms with Crippen LogP contribution in [-0.4, -0.2) is 21.7 Å². The topological polar surface area (TPSA) is 50.7 Å². The van der Waals surface area contributed by atoms with Gasteiger partial charge in [0.25, 0.3) is 0 Å². The van der Waals surface area contributed by atoms with Gasteiger partial charge in [0.15, 0.2) is 5.82 Å². The Balaban J connectivity index is 2.06. The maximum Gasteiger partial charge on any atom is 0.156 e. The number of benzene rings is 1. The van der Waals surface area contributed by atoms with E-state index >= 15 is 0 Å². The number of nitrogens with one attached hydrogen (secondary N) is 1. The molecule has 4 nitrogen and oxygen atoms in total. The lowest BCUT2D eigenvalue weighted by Crippen LogP contribution is -2.04. The van der Waals surface area contributed by atoms with E-state index in [4.69, 9.17) is 0 Å². The summed E-state index contributed by atoms with van der Waals surface area (Å²) in [5.74, 6) is 0.849. The summed E-state index contributed by atoms with van der Waals surface area (Å²) in [6.07, 6.45) is 4.37. The number of hydrogen-bond acceptors (Lipinski definition) is 4. The predicted octanol–water partition coefficient (Wildman–Crippen LogP) is 3.05. The van der Waals surface area contributed by atoms with E-state index in [-0.39, 0.29) is 0 Å². The highest BCUT2D eigenvalue weighted by atomic mass is 15.2. The van der Waals surface area contributed by atoms with Gasteiger partial charge in [-0.05, 0) is 24.6 Å². The van der Waals surface area contributed by atoms with Gasteiger partial charge in [-0.2, -0.15) is 5.10 Å². The van der Waals surface area contributed by atoms with E-state index in [0.29, 0.717) is 0 Å². The number of hydrogen-bond donors (Lipinski definition) is 1. The van der Waals surface area contributed by atoms with Gasteiger partial charge in [-0.15, -0.1) is 5.10 Å². The third-order valence-corrected chi connectivity index (χ3v) is 3.23. The maximum atomic E-state index is 4.39. The molecule has 0 atom stereocenters. The van der Waals surface area contributed by atoms with Gasteiger partial charge in [0.2, 0.25) is 0 Å². The van der Waals surface area contributed by atoms with Gasteiger partial charge in [0, 0.05) is 36.1 Å². The lowest BCUT2D eigenvalue weighted by molar-refractivity contribution is 0.951. The summed E-state index contributed by atoms with van der Waals surface area (Å²) in [5.41, 5.74) is 2.18. The fourth-order valence-electron chi connectivity index (χ4n) is 2.28. The molecule has 0 radical (unpaired) electrons. The van der Waals surface area contributed by atoms with Crippen LogP contribution in [0, 0.1) is 0 Å². The Kier molecular flexibility index (Phi) is 3.54. The number of rotatable bonds is 4. The summed E-state index contributed by atoms with van der Waals surface area (Å²) >= 11 is 0. The number of nitrogens with zero attached hydrogens (tertiary/aromatic N) is 3. The van der Waals surface area contributed by atoms with Crippen LogP contribution >= 0.6 is 0 Å². The Morgan fingerprint density at radius 3 is 2.45 bits per heavy atom. The van der Waals surface area contributed by atoms with Crippen molar-refractivity contribution in [2.75, 3.05) is 11.9 Å². The van der Waals surface area contributed by atoms with Crippen molar-refractivity contribution in [3.63, 3.8) is 0 Å². The predicted molar refractivity (Wildman–Crippen MR) is 80.7 cm³/mol. The molecule has 0 aliphatic carbocycles. The summed E-state index contributed by atoms with van der Waals surface area (Å²) in [5, 5.41) is 14.2. The molecule has 100 valence electrons. The minimum absolute atomic E-state index is 0.766. The smallest absolute Gasteiger partial charge is 0.156 e. The molecular weight excluding hydrogens is 248 g/mol. The Morgan fingerprint density at radius 1 is 0.950 bits per heavy atom. The van der Waals surface area contributed by atoms with E-state index in [9.17, 15) is 0 Å². The standard InChI is InChI=1S/C16H16N4/c1-2-18-16-14-6-4-3-5-13(14)15(19-20-16)11-12-7-9-17-10-8-12/h3-10H,2,11H2,1H3,(H,18,20). The Hall–Kier alpha value is -2.49. The van der Waals surface area contributed by atoms with Crippen LogP contribution in [0.25, 0.3) is 10.8 Å². The maximum absolute atomic E-state index is 4.39. The van der Waals surface area contributed by atoms with Crippen LogP contribution in [0.2, 0.25) is 0 Å². The van der Waals surface area contributed by atoms with Crippen LogP contribution in [0.5, 0.6) is 0 Å². The third kappa shape index (κ3) is 2.45. The van der Waals surface area contributed by atoms with E-state index < -0.39 is 0 Å². The normalized spacial score (nSPS) is 10.7. The average molecular weight is 264 g/mol. The summed E-state index contributed by atoms with van der Waals surface area (Å²) in [6, 6.07) is 12.3. The first-order valence-corrected chi connectivity index (χ1v) is 6.75. The number of pyridine rings is 1. The van der Waals surface area contributed by atoms with E-state index in [1.54, 1.807) is 12.4 Å². The molecule has 1 aromatic carbocycles. The van der Waals surface area contributed by atoms with Crippen LogP contribution < -0.4 is 5.32 Å². The molecule has 2 heterocycles. The molecule has 3 rings (SSSR count). The van der Waals surface area contributed by atoms with Gasteiger partial charge >= 0.3 is 0 Å². The van der Waals surface area contributed by atoms with Crippen molar-refractivity contribution in [3.8, 4) is 0 Å². The Bertz CT molecular complexity index is 710. The molecule has 2 aromatic heterocycles. The molecular formula is C16H16N4. The third-order valence-electron chi connectivity index (χ3n) is 3.23. The van der Waals surface area contributed by atoms with Crippen LogP contribution in [0.15, 0.2) is 48.8 Å². The van der Waals surface area contributed by atoms with Crippen LogP contribution in [0.1, 0.15) is 18.2 Å². The minimum atomic E-state index is 0.766. The number of fused-ring (bicyclic) bond motifs is 1. The first kappa shape index (κ1) is 12.5. The zero-order chi connectivity index (χ0) is 13.8. The van der Waals surface area contributed by atoms with Crippen molar-refractivity contribution in [1.29, 1.82) is 0 Å². The first-order chi connectivity index (χ1) is 9.88. The highest BCUT2D eigenvalue weighted by Crippen LogP contribution is 2.24. The van der Waals surface area contributed by atoms with Crippen molar-refractivity contribution in [1.82, 2.24) is 15.2 Å². The summed E-state index contributed by atoms with van der Waals surface area (Å²) in [4.78, 5) is 4.04. The van der Waals surface area contributed by atoms with Crippen molar-refractivity contribution < 1.29 is 0 Å². The minimum Gasteiger partial charge on any atom is -0.368 e. The zero-order valence-corrected chi connectivity index (χ0v) is 11.4. The largest absolute Gasteiger partial charge is 0.368 e. The SMILES string of the molecule is CCNc1nnc(Cc2ccncc2)c2ccccc12. The second-order valence-corrected chi connectivity index (χ2v) is 4.60. The first-order valence-electron chi connectivity index (χ1n) is 6.75. The van der Waals surface area contributed by atoms with Gasteiger partial charge in [-0.25, -0.2) is 0 Å². The van der Waals surface area contributed by atoms with Crippen LogP contribution in [0.4, 0.5) is 5.82 Å². The van der Waals surface area contributed by atoms with Crippen LogP contribution in [-0.2, 0) is 6.42 Å². The van der Waals surface area contributed by atoms with E-state index in [1.165, 1.54) is 5.56 Å². The monoisotopic (exact) mass is 264 g/mol. The van der Waals surface area contributed by atoms with Gasteiger partial charge in [0.1, 0.15) is 0 Å². The summed E-state index contributed by atoms with van der Waals surface area (Å²) in [6.45, 7) is 2.89. The Labute approximate surface area is 117 Å². The van der Waals surface area contributed by atoms with Crippen molar-refractivity contribution in [2.45, 2.75) is 13.3 Å². The molecule has 1 N–H and O–H groups in total. The molecule has 0 aliphatic heterocycles. The van der Waals surface area contributed by atoms with Gasteiger partial charge in [-0.3, -0.25) is 4.98 Å². The molecule has 0 spiro atoms. The molecule has 0 unspecified atom stereocenters. The fourth-order valence-corrected chi connectivity index (χ4v) is 2.28. The molecule has 0 saturated heterocycles. The van der Waals surface area contributed by atoms with E-state index in [2.05, 4.69) is 39.6 Å². The average Bonchev–Trinajstić information content (AvgIpc) is 2.51. The van der Waals surface area contributed by atoms with Crippen molar-refractivity contribution in [3.05, 3.63) is 60.0 Å². The lowest BCUT2D eigenvalue weighted by atomic mass is 10.1. The number of aromatic nitrogens is 3. The van der Waals surface area contributed by atoms with Gasteiger partial charge in [0.05, 0.1) is 5.69 Å². The molecule has 4 heteroatoms. The van der Waals surface area contributed by atoms with E-state index in [0.717, 1.165) is 35.2 Å². The summed E-state index contributed by atoms with van der Waals surface area (Å²) < 4.78 is 0. The molecule has 20 heavy (non-hydrogen) atoms. The van der Waals surface area contributed by atoms with Crippen molar-refractivity contribution >= 4 is 16.6 Å². The lowest BCUT2D eigenvalue weighted by Gasteiger charge is -2.09. The zero-order valence-electron chi connectivity index (χ0n) is 11.4. The van der Waals surface area contributed by atoms with Crippen LogP contribution in [0.3, 0.4) is 0 Å². The highest BCUT2D eigenvalue weighted by molar-refractivity contribution is 5.93. The van der Waals surface area contributed by atoms with Gasteiger partial charge in [-0.1, -0.05) is 24.3 Å². The Morgan fingerprint density at radius 2 is 1.70 bits per heavy atom. The molecule has 0 bridgehead atoms. The highest BCUT2D eigenvalue weighted by Gasteiger charge is 2.08.